The van der Waals surface area contributed by atoms with Crippen molar-refractivity contribution in [2.45, 2.75) is 45.6 Å². The molecular formula is C13H24IN5O. The van der Waals surface area contributed by atoms with E-state index < -0.39 is 0 Å². The first-order valence-electron chi connectivity index (χ1n) is 6.89. The first-order valence-corrected chi connectivity index (χ1v) is 6.89. The first kappa shape index (κ1) is 17.2. The van der Waals surface area contributed by atoms with E-state index >= 15 is 0 Å². The highest BCUT2D eigenvalue weighted by Crippen LogP contribution is 2.28. The van der Waals surface area contributed by atoms with E-state index in [1.165, 1.54) is 6.42 Å². The molecular weight excluding hydrogens is 369 g/mol. The third kappa shape index (κ3) is 4.92. The number of aromatic nitrogens is 2. The average molecular weight is 393 g/mol. The fourth-order valence-electron chi connectivity index (χ4n) is 1.79. The van der Waals surface area contributed by atoms with Gasteiger partial charge in [-0.05, 0) is 12.3 Å². The van der Waals surface area contributed by atoms with E-state index in [2.05, 4.69) is 46.5 Å². The van der Waals surface area contributed by atoms with Gasteiger partial charge < -0.3 is 15.2 Å². The molecule has 6 nitrogen and oxygen atoms in total. The zero-order valence-electron chi connectivity index (χ0n) is 12.5. The minimum Gasteiger partial charge on any atom is -0.356 e. The molecule has 0 radical (unpaired) electrons. The lowest BCUT2D eigenvalue weighted by Crippen LogP contribution is -2.39. The van der Waals surface area contributed by atoms with Gasteiger partial charge in [-0.25, -0.2) is 0 Å². The predicted molar refractivity (Wildman–Crippen MR) is 89.6 cm³/mol. The molecule has 0 aromatic carbocycles. The lowest BCUT2D eigenvalue weighted by atomic mass is 10.2. The molecule has 7 heteroatoms. The van der Waals surface area contributed by atoms with Crippen LogP contribution in [-0.2, 0) is 6.42 Å². The summed E-state index contributed by atoms with van der Waals surface area (Å²) >= 11 is 0. The first-order chi connectivity index (χ1) is 9.10. The van der Waals surface area contributed by atoms with E-state index in [0.29, 0.717) is 24.3 Å². The van der Waals surface area contributed by atoms with Crippen LogP contribution in [0.1, 0.15) is 44.8 Å². The molecule has 2 N–H and O–H groups in total. The maximum atomic E-state index is 5.19. The highest BCUT2D eigenvalue weighted by molar-refractivity contribution is 14.0. The highest BCUT2D eigenvalue weighted by Gasteiger charge is 2.33. The van der Waals surface area contributed by atoms with Gasteiger partial charge in [-0.3, -0.25) is 4.99 Å². The zero-order chi connectivity index (χ0) is 13.8. The predicted octanol–water partition coefficient (Wildman–Crippen LogP) is 1.93. The SMILES string of the molecule is CN=C(NCCc1nc(C(C)C)no1)NC1CC1C.I. The van der Waals surface area contributed by atoms with Crippen molar-refractivity contribution in [3.8, 4) is 0 Å². The van der Waals surface area contributed by atoms with Crippen molar-refractivity contribution in [2.24, 2.45) is 10.9 Å². The topological polar surface area (TPSA) is 75.3 Å². The molecule has 114 valence electrons. The molecule has 2 atom stereocenters. The van der Waals surface area contributed by atoms with Crippen molar-refractivity contribution in [3.05, 3.63) is 11.7 Å². The Bertz CT molecular complexity index is 446. The van der Waals surface area contributed by atoms with Gasteiger partial charge in [0.25, 0.3) is 0 Å². The Morgan fingerprint density at radius 3 is 2.70 bits per heavy atom. The summed E-state index contributed by atoms with van der Waals surface area (Å²) in [4.78, 5) is 8.53. The maximum absolute atomic E-state index is 5.19. The summed E-state index contributed by atoms with van der Waals surface area (Å²) in [5.74, 6) is 3.34. The second-order valence-electron chi connectivity index (χ2n) is 5.41. The van der Waals surface area contributed by atoms with Crippen LogP contribution in [0.4, 0.5) is 0 Å². The molecule has 1 aliphatic rings. The smallest absolute Gasteiger partial charge is 0.228 e. The summed E-state index contributed by atoms with van der Waals surface area (Å²) in [5.41, 5.74) is 0. The van der Waals surface area contributed by atoms with Gasteiger partial charge in [0.2, 0.25) is 5.89 Å². The Labute approximate surface area is 137 Å². The average Bonchev–Trinajstić information content (AvgIpc) is 2.89. The lowest BCUT2D eigenvalue weighted by molar-refractivity contribution is 0.371. The van der Waals surface area contributed by atoms with Crippen LogP contribution in [0.15, 0.2) is 9.52 Å². The van der Waals surface area contributed by atoms with E-state index in [1.54, 1.807) is 7.05 Å². The molecule has 0 bridgehead atoms. The largest absolute Gasteiger partial charge is 0.356 e. The molecule has 20 heavy (non-hydrogen) atoms. The Balaban J connectivity index is 0.00000200. The van der Waals surface area contributed by atoms with Crippen LogP contribution in [-0.4, -0.2) is 35.7 Å². The molecule has 1 aromatic heterocycles. The van der Waals surface area contributed by atoms with E-state index in [1.807, 2.05) is 0 Å². The molecule has 1 heterocycles. The van der Waals surface area contributed by atoms with Gasteiger partial charge in [0.1, 0.15) is 0 Å². The highest BCUT2D eigenvalue weighted by atomic mass is 127. The molecule has 0 saturated heterocycles. The van der Waals surface area contributed by atoms with Crippen LogP contribution >= 0.6 is 24.0 Å². The number of nitrogens with zero attached hydrogens (tertiary/aromatic N) is 3. The quantitative estimate of drug-likeness (QED) is 0.454. The third-order valence-corrected chi connectivity index (χ3v) is 3.29. The summed E-state index contributed by atoms with van der Waals surface area (Å²) in [6, 6.07) is 0.571. The molecule has 2 unspecified atom stereocenters. The van der Waals surface area contributed by atoms with Crippen molar-refractivity contribution in [3.63, 3.8) is 0 Å². The van der Waals surface area contributed by atoms with Crippen molar-refractivity contribution in [1.29, 1.82) is 0 Å². The Morgan fingerprint density at radius 1 is 1.50 bits per heavy atom. The minimum atomic E-state index is 0. The van der Waals surface area contributed by atoms with Crippen LogP contribution in [0.2, 0.25) is 0 Å². The molecule has 0 amide bonds. The summed E-state index contributed by atoms with van der Waals surface area (Å²) in [6.07, 6.45) is 1.93. The number of hydrogen-bond acceptors (Lipinski definition) is 4. The zero-order valence-corrected chi connectivity index (χ0v) is 14.8. The maximum Gasteiger partial charge on any atom is 0.228 e. The molecule has 1 aliphatic carbocycles. The van der Waals surface area contributed by atoms with Crippen molar-refractivity contribution < 1.29 is 4.52 Å². The fraction of sp³-hybridized carbons (Fsp3) is 0.769. The van der Waals surface area contributed by atoms with Crippen molar-refractivity contribution in [2.75, 3.05) is 13.6 Å². The number of aliphatic imine (C=N–C) groups is 1. The summed E-state index contributed by atoms with van der Waals surface area (Å²) in [6.45, 7) is 7.07. The van der Waals surface area contributed by atoms with Crippen LogP contribution in [0.5, 0.6) is 0 Å². The van der Waals surface area contributed by atoms with E-state index in [0.717, 1.165) is 24.2 Å². The second kappa shape index (κ2) is 7.80. The van der Waals surface area contributed by atoms with Gasteiger partial charge in [0, 0.05) is 32.0 Å². The molecule has 1 saturated carbocycles. The van der Waals surface area contributed by atoms with Crippen LogP contribution in [0.3, 0.4) is 0 Å². The Hall–Kier alpha value is -0.860. The summed E-state index contributed by atoms with van der Waals surface area (Å²) in [5, 5.41) is 10.6. The van der Waals surface area contributed by atoms with E-state index in [-0.39, 0.29) is 24.0 Å². The van der Waals surface area contributed by atoms with Crippen molar-refractivity contribution >= 4 is 29.9 Å². The Morgan fingerprint density at radius 2 is 2.20 bits per heavy atom. The monoisotopic (exact) mass is 393 g/mol. The molecule has 2 rings (SSSR count). The number of nitrogens with one attached hydrogen (secondary N) is 2. The second-order valence-corrected chi connectivity index (χ2v) is 5.41. The molecule has 1 fully saturated rings. The molecule has 1 aromatic rings. The fourth-order valence-corrected chi connectivity index (χ4v) is 1.79. The van der Waals surface area contributed by atoms with Gasteiger partial charge in [0.15, 0.2) is 11.8 Å². The molecule has 0 aliphatic heterocycles. The lowest BCUT2D eigenvalue weighted by Gasteiger charge is -2.10. The van der Waals surface area contributed by atoms with Crippen LogP contribution in [0.25, 0.3) is 0 Å². The number of guanidine groups is 1. The van der Waals surface area contributed by atoms with Gasteiger partial charge in [0.05, 0.1) is 0 Å². The normalized spacial score (nSPS) is 21.6. The summed E-state index contributed by atoms with van der Waals surface area (Å²) < 4.78 is 5.19. The van der Waals surface area contributed by atoms with E-state index in [9.17, 15) is 0 Å². The van der Waals surface area contributed by atoms with Gasteiger partial charge in [-0.1, -0.05) is 25.9 Å². The third-order valence-electron chi connectivity index (χ3n) is 3.29. The van der Waals surface area contributed by atoms with Gasteiger partial charge in [-0.15, -0.1) is 24.0 Å². The van der Waals surface area contributed by atoms with E-state index in [4.69, 9.17) is 4.52 Å². The van der Waals surface area contributed by atoms with Gasteiger partial charge >= 0.3 is 0 Å². The minimum absolute atomic E-state index is 0. The van der Waals surface area contributed by atoms with Gasteiger partial charge in [-0.2, -0.15) is 4.98 Å². The van der Waals surface area contributed by atoms with Crippen LogP contribution in [0, 0.1) is 5.92 Å². The van der Waals surface area contributed by atoms with Crippen LogP contribution < -0.4 is 10.6 Å². The standard InChI is InChI=1S/C13H23N5O.HI/c1-8(2)12-17-11(19-18-12)5-6-15-13(14-4)16-10-7-9(10)3;/h8-10H,5-7H2,1-4H3,(H2,14,15,16);1H. The Kier molecular flexibility index (Phi) is 6.70. The summed E-state index contributed by atoms with van der Waals surface area (Å²) in [7, 11) is 1.78. The number of hydrogen-bond donors (Lipinski definition) is 2. The van der Waals surface area contributed by atoms with Crippen molar-refractivity contribution in [1.82, 2.24) is 20.8 Å². The number of halogens is 1. The number of rotatable bonds is 5. The molecule has 0 spiro atoms.